The van der Waals surface area contributed by atoms with Crippen LogP contribution in [0, 0.1) is 0 Å². The van der Waals surface area contributed by atoms with E-state index in [0.717, 1.165) is 43.4 Å². The van der Waals surface area contributed by atoms with Crippen molar-refractivity contribution in [2.24, 2.45) is 0 Å². The summed E-state index contributed by atoms with van der Waals surface area (Å²) in [5.74, 6) is 0.710. The van der Waals surface area contributed by atoms with Crippen LogP contribution >= 0.6 is 0 Å². The molecule has 2 aliphatic carbocycles. The lowest BCUT2D eigenvalue weighted by atomic mass is 9.81. The average Bonchev–Trinajstić information content (AvgIpc) is 2.73. The third-order valence-corrected chi connectivity index (χ3v) is 6.05. The van der Waals surface area contributed by atoms with Gasteiger partial charge in [0.05, 0.1) is 7.11 Å². The maximum absolute atomic E-state index is 13.1. The fourth-order valence-electron chi connectivity index (χ4n) is 4.34. The van der Waals surface area contributed by atoms with E-state index in [-0.39, 0.29) is 18.0 Å². The summed E-state index contributed by atoms with van der Waals surface area (Å²) in [6, 6.07) is 7.68. The van der Waals surface area contributed by atoms with Gasteiger partial charge in [-0.15, -0.1) is 0 Å². The maximum atomic E-state index is 13.1. The van der Waals surface area contributed by atoms with E-state index in [2.05, 4.69) is 16.0 Å². The number of rotatable bonds is 6. The van der Waals surface area contributed by atoms with Crippen molar-refractivity contribution < 1.29 is 14.3 Å². The molecule has 0 spiro atoms. The third kappa shape index (κ3) is 5.40. The van der Waals surface area contributed by atoms with Gasteiger partial charge in [0.1, 0.15) is 11.3 Å². The van der Waals surface area contributed by atoms with Crippen LogP contribution in [0.2, 0.25) is 0 Å². The molecule has 1 aromatic rings. The summed E-state index contributed by atoms with van der Waals surface area (Å²) >= 11 is 0. The second-order valence-electron chi connectivity index (χ2n) is 8.11. The van der Waals surface area contributed by atoms with Gasteiger partial charge in [0.2, 0.25) is 5.91 Å². The largest absolute Gasteiger partial charge is 0.497 e. The molecule has 0 bridgehead atoms. The fraction of sp³-hybridized carbons (Fsp3) is 0.636. The normalized spacial score (nSPS) is 19.5. The molecule has 0 saturated heterocycles. The van der Waals surface area contributed by atoms with Gasteiger partial charge in [-0.1, -0.05) is 50.7 Å². The molecule has 6 heteroatoms. The van der Waals surface area contributed by atoms with E-state index in [9.17, 15) is 9.59 Å². The van der Waals surface area contributed by atoms with Gasteiger partial charge in [0.15, 0.2) is 0 Å². The molecular formula is C22H33N3O3. The van der Waals surface area contributed by atoms with Gasteiger partial charge in [0, 0.05) is 12.6 Å². The molecule has 2 saturated carbocycles. The van der Waals surface area contributed by atoms with Crippen molar-refractivity contribution in [1.82, 2.24) is 16.0 Å². The molecule has 3 N–H and O–H groups in total. The first-order valence-electron chi connectivity index (χ1n) is 10.6. The summed E-state index contributed by atoms with van der Waals surface area (Å²) in [5, 5.41) is 9.17. The Balaban J connectivity index is 1.58. The Kier molecular flexibility index (Phi) is 7.18. The number of carbonyl (C=O) groups is 2. The van der Waals surface area contributed by atoms with Crippen molar-refractivity contribution >= 4 is 11.9 Å². The quantitative estimate of drug-likeness (QED) is 0.697. The number of carbonyl (C=O) groups excluding carboxylic acids is 2. The molecule has 2 aliphatic rings. The van der Waals surface area contributed by atoms with Gasteiger partial charge in [-0.2, -0.15) is 0 Å². The molecule has 0 aromatic heterocycles. The van der Waals surface area contributed by atoms with E-state index in [1.807, 2.05) is 24.3 Å². The van der Waals surface area contributed by atoms with Crippen molar-refractivity contribution in [3.63, 3.8) is 0 Å². The molecule has 0 atom stereocenters. The van der Waals surface area contributed by atoms with Gasteiger partial charge < -0.3 is 20.7 Å². The van der Waals surface area contributed by atoms with Gasteiger partial charge in [-0.3, -0.25) is 4.79 Å². The number of amides is 3. The number of nitrogens with one attached hydrogen (secondary N) is 3. The van der Waals surface area contributed by atoms with Crippen LogP contribution in [-0.4, -0.2) is 30.6 Å². The van der Waals surface area contributed by atoms with Gasteiger partial charge >= 0.3 is 6.03 Å². The molecule has 2 fully saturated rings. The molecule has 154 valence electrons. The van der Waals surface area contributed by atoms with Crippen LogP contribution in [0.3, 0.4) is 0 Å². The number of hydrogen-bond acceptors (Lipinski definition) is 3. The highest BCUT2D eigenvalue weighted by atomic mass is 16.5. The second kappa shape index (κ2) is 9.80. The zero-order valence-electron chi connectivity index (χ0n) is 16.9. The van der Waals surface area contributed by atoms with Gasteiger partial charge in [0.25, 0.3) is 0 Å². The Morgan fingerprint density at radius 2 is 1.64 bits per heavy atom. The van der Waals surface area contributed by atoms with E-state index in [0.29, 0.717) is 19.4 Å². The maximum Gasteiger partial charge on any atom is 0.315 e. The van der Waals surface area contributed by atoms with E-state index < -0.39 is 5.54 Å². The molecule has 28 heavy (non-hydrogen) atoms. The van der Waals surface area contributed by atoms with E-state index in [4.69, 9.17) is 4.74 Å². The molecule has 6 nitrogen and oxygen atoms in total. The molecule has 1 aromatic carbocycles. The second-order valence-corrected chi connectivity index (χ2v) is 8.11. The van der Waals surface area contributed by atoms with Crippen molar-refractivity contribution in [1.29, 1.82) is 0 Å². The third-order valence-electron chi connectivity index (χ3n) is 6.05. The molecular weight excluding hydrogens is 354 g/mol. The number of ether oxygens (including phenoxy) is 1. The fourth-order valence-corrected chi connectivity index (χ4v) is 4.34. The summed E-state index contributed by atoms with van der Waals surface area (Å²) in [4.78, 5) is 25.7. The molecule has 3 rings (SSSR count). The Hall–Kier alpha value is -2.24. The van der Waals surface area contributed by atoms with Gasteiger partial charge in [-0.25, -0.2) is 4.79 Å². The number of methoxy groups -OCH3 is 1. The van der Waals surface area contributed by atoms with Crippen molar-refractivity contribution in [2.45, 2.75) is 82.3 Å². The zero-order chi connectivity index (χ0) is 19.8. The molecule has 0 heterocycles. The zero-order valence-corrected chi connectivity index (χ0v) is 16.9. The topological polar surface area (TPSA) is 79.5 Å². The minimum Gasteiger partial charge on any atom is -0.497 e. The number of benzene rings is 1. The molecule has 3 amide bonds. The van der Waals surface area contributed by atoms with Crippen LogP contribution in [0.5, 0.6) is 5.75 Å². The lowest BCUT2D eigenvalue weighted by Gasteiger charge is -2.37. The molecule has 0 unspecified atom stereocenters. The van der Waals surface area contributed by atoms with Crippen LogP contribution in [0.4, 0.5) is 4.79 Å². The molecule has 0 radical (unpaired) electrons. The first-order chi connectivity index (χ1) is 13.6. The minimum atomic E-state index is -0.802. The highest BCUT2D eigenvalue weighted by molar-refractivity contribution is 5.91. The summed E-state index contributed by atoms with van der Waals surface area (Å²) in [6.07, 6.45) is 10.1. The molecule has 0 aliphatic heterocycles. The summed E-state index contributed by atoms with van der Waals surface area (Å²) in [7, 11) is 1.63. The van der Waals surface area contributed by atoms with Crippen LogP contribution in [0.15, 0.2) is 24.3 Å². The Morgan fingerprint density at radius 3 is 2.29 bits per heavy atom. The predicted octanol–water partition coefficient (Wildman–Crippen LogP) is 3.65. The van der Waals surface area contributed by atoms with Crippen LogP contribution in [0.1, 0.15) is 69.8 Å². The van der Waals surface area contributed by atoms with Crippen molar-refractivity contribution in [3.8, 4) is 5.75 Å². The van der Waals surface area contributed by atoms with Crippen LogP contribution in [0.25, 0.3) is 0 Å². The Labute approximate surface area is 167 Å². The monoisotopic (exact) mass is 387 g/mol. The summed E-state index contributed by atoms with van der Waals surface area (Å²) < 4.78 is 5.17. The lowest BCUT2D eigenvalue weighted by molar-refractivity contribution is -0.128. The van der Waals surface area contributed by atoms with Crippen LogP contribution in [-0.2, 0) is 11.3 Å². The average molecular weight is 388 g/mol. The van der Waals surface area contributed by atoms with Gasteiger partial charge in [-0.05, 0) is 43.4 Å². The van der Waals surface area contributed by atoms with Crippen molar-refractivity contribution in [2.75, 3.05) is 7.11 Å². The smallest absolute Gasteiger partial charge is 0.315 e. The highest BCUT2D eigenvalue weighted by Gasteiger charge is 2.41. The minimum absolute atomic E-state index is 0.0817. The van der Waals surface area contributed by atoms with Crippen LogP contribution < -0.4 is 20.7 Å². The number of hydrogen-bond donors (Lipinski definition) is 3. The highest BCUT2D eigenvalue weighted by Crippen LogP contribution is 2.29. The lowest BCUT2D eigenvalue weighted by Crippen LogP contribution is -2.62. The first-order valence-corrected chi connectivity index (χ1v) is 10.6. The Morgan fingerprint density at radius 1 is 1.00 bits per heavy atom. The predicted molar refractivity (Wildman–Crippen MR) is 109 cm³/mol. The van der Waals surface area contributed by atoms with E-state index in [1.165, 1.54) is 19.3 Å². The SMILES string of the molecule is COc1ccc(CNC(=O)C2(NC(=O)NC3CCCCC3)CCCCC2)cc1. The number of urea groups is 1. The van der Waals surface area contributed by atoms with E-state index in [1.54, 1.807) is 7.11 Å². The van der Waals surface area contributed by atoms with Crippen molar-refractivity contribution in [3.05, 3.63) is 29.8 Å². The first kappa shape index (κ1) is 20.5. The standard InChI is InChI=1S/C22H33N3O3/c1-28-19-12-10-17(11-13-19)16-23-20(26)22(14-6-3-7-15-22)25-21(27)24-18-8-4-2-5-9-18/h10-13,18H,2-9,14-16H2,1H3,(H,23,26)(H2,24,25,27). The summed E-state index contributed by atoms with van der Waals surface area (Å²) in [5.41, 5.74) is 0.204. The van der Waals surface area contributed by atoms with E-state index >= 15 is 0 Å². The Bertz CT molecular complexity index is 647. The summed E-state index contributed by atoms with van der Waals surface area (Å²) in [6.45, 7) is 0.441.